The van der Waals surface area contributed by atoms with Crippen LogP contribution >= 0.6 is 0 Å². The average Bonchev–Trinajstić information content (AvgIpc) is 2.85. The third kappa shape index (κ3) is 2.43. The lowest BCUT2D eigenvalue weighted by atomic mass is 9.90. The van der Waals surface area contributed by atoms with E-state index in [1.807, 2.05) is 13.8 Å². The Hall–Kier alpha value is -1.82. The first-order chi connectivity index (χ1) is 9.65. The first-order valence-electron chi connectivity index (χ1n) is 7.01. The van der Waals surface area contributed by atoms with Crippen molar-refractivity contribution in [1.29, 1.82) is 0 Å². The molecule has 1 saturated heterocycles. The standard InChI is InChI=1S/C14H19N5O/c1-8-12(14-19-18-10(3)20-14)13(17-9(2)16-8)11-4-6-15-7-5-11/h11,15H,4-7H2,1-3H3. The van der Waals surface area contributed by atoms with Gasteiger partial charge in [-0.15, -0.1) is 10.2 Å². The zero-order valence-corrected chi connectivity index (χ0v) is 12.1. The maximum absolute atomic E-state index is 5.60. The van der Waals surface area contributed by atoms with Gasteiger partial charge in [0.05, 0.1) is 17.0 Å². The number of hydrogen-bond donors (Lipinski definition) is 1. The lowest BCUT2D eigenvalue weighted by Gasteiger charge is -2.24. The van der Waals surface area contributed by atoms with Gasteiger partial charge < -0.3 is 9.73 Å². The first kappa shape index (κ1) is 13.2. The van der Waals surface area contributed by atoms with Gasteiger partial charge in [-0.3, -0.25) is 0 Å². The van der Waals surface area contributed by atoms with Crippen LogP contribution in [0.1, 0.15) is 41.9 Å². The molecule has 106 valence electrons. The van der Waals surface area contributed by atoms with E-state index in [-0.39, 0.29) is 0 Å². The fourth-order valence-corrected chi connectivity index (χ4v) is 2.79. The van der Waals surface area contributed by atoms with Crippen LogP contribution in [0.4, 0.5) is 0 Å². The molecule has 0 atom stereocenters. The molecule has 2 aromatic rings. The van der Waals surface area contributed by atoms with Crippen LogP contribution in [0.2, 0.25) is 0 Å². The molecule has 6 nitrogen and oxygen atoms in total. The van der Waals surface area contributed by atoms with Crippen molar-refractivity contribution in [2.24, 2.45) is 0 Å². The SMILES string of the molecule is Cc1nc(C)c(-c2nnc(C)o2)c(C2CCNCC2)n1. The van der Waals surface area contributed by atoms with Crippen molar-refractivity contribution in [3.05, 3.63) is 23.1 Å². The van der Waals surface area contributed by atoms with Gasteiger partial charge in [-0.2, -0.15) is 0 Å². The number of aromatic nitrogens is 4. The zero-order chi connectivity index (χ0) is 14.1. The second-order valence-corrected chi connectivity index (χ2v) is 5.27. The van der Waals surface area contributed by atoms with Gasteiger partial charge in [0.1, 0.15) is 5.82 Å². The van der Waals surface area contributed by atoms with Gasteiger partial charge >= 0.3 is 0 Å². The van der Waals surface area contributed by atoms with Gasteiger partial charge in [0.15, 0.2) is 0 Å². The summed E-state index contributed by atoms with van der Waals surface area (Å²) in [5.74, 6) is 2.33. The number of hydrogen-bond acceptors (Lipinski definition) is 6. The summed E-state index contributed by atoms with van der Waals surface area (Å²) in [6.07, 6.45) is 2.16. The summed E-state index contributed by atoms with van der Waals surface area (Å²) in [6, 6.07) is 0. The van der Waals surface area contributed by atoms with Crippen LogP contribution in [0.5, 0.6) is 0 Å². The predicted molar refractivity (Wildman–Crippen MR) is 74.4 cm³/mol. The van der Waals surface area contributed by atoms with Crippen molar-refractivity contribution in [3.8, 4) is 11.5 Å². The van der Waals surface area contributed by atoms with E-state index in [1.54, 1.807) is 6.92 Å². The molecule has 1 N–H and O–H groups in total. The molecule has 0 radical (unpaired) electrons. The minimum atomic E-state index is 0.429. The molecule has 20 heavy (non-hydrogen) atoms. The van der Waals surface area contributed by atoms with Crippen molar-refractivity contribution < 1.29 is 4.42 Å². The largest absolute Gasteiger partial charge is 0.421 e. The fraction of sp³-hybridized carbons (Fsp3) is 0.571. The van der Waals surface area contributed by atoms with Crippen molar-refractivity contribution in [2.45, 2.75) is 39.5 Å². The quantitative estimate of drug-likeness (QED) is 0.900. The van der Waals surface area contributed by atoms with Gasteiger partial charge in [0, 0.05) is 12.8 Å². The second kappa shape index (κ2) is 5.28. The van der Waals surface area contributed by atoms with E-state index < -0.39 is 0 Å². The lowest BCUT2D eigenvalue weighted by molar-refractivity contribution is 0.450. The smallest absolute Gasteiger partial charge is 0.251 e. The number of nitrogens with one attached hydrogen (secondary N) is 1. The molecule has 0 amide bonds. The zero-order valence-electron chi connectivity index (χ0n) is 12.1. The molecule has 0 saturated carbocycles. The summed E-state index contributed by atoms with van der Waals surface area (Å²) < 4.78 is 5.60. The minimum absolute atomic E-state index is 0.429. The third-order valence-electron chi connectivity index (χ3n) is 3.70. The Bertz CT molecular complexity index is 616. The predicted octanol–water partition coefficient (Wildman–Crippen LogP) is 1.92. The molecule has 6 heteroatoms. The summed E-state index contributed by atoms with van der Waals surface area (Å²) in [6.45, 7) is 7.75. The number of piperidine rings is 1. The highest BCUT2D eigenvalue weighted by Gasteiger charge is 2.25. The molecule has 0 unspecified atom stereocenters. The second-order valence-electron chi connectivity index (χ2n) is 5.27. The highest BCUT2D eigenvalue weighted by Crippen LogP contribution is 2.33. The van der Waals surface area contributed by atoms with E-state index in [0.29, 0.717) is 17.7 Å². The maximum Gasteiger partial charge on any atom is 0.251 e. The van der Waals surface area contributed by atoms with E-state index in [9.17, 15) is 0 Å². The number of nitrogens with zero attached hydrogens (tertiary/aromatic N) is 4. The van der Waals surface area contributed by atoms with Crippen LogP contribution in [0.15, 0.2) is 4.42 Å². The van der Waals surface area contributed by atoms with Crippen LogP contribution in [-0.4, -0.2) is 33.3 Å². The molecule has 0 aromatic carbocycles. The highest BCUT2D eigenvalue weighted by molar-refractivity contribution is 5.60. The fourth-order valence-electron chi connectivity index (χ4n) is 2.79. The molecule has 3 rings (SSSR count). The Morgan fingerprint density at radius 3 is 2.45 bits per heavy atom. The maximum atomic E-state index is 5.60. The number of aryl methyl sites for hydroxylation is 3. The Morgan fingerprint density at radius 1 is 1.05 bits per heavy atom. The normalized spacial score (nSPS) is 16.6. The van der Waals surface area contributed by atoms with Gasteiger partial charge in [0.25, 0.3) is 5.89 Å². The minimum Gasteiger partial charge on any atom is -0.421 e. The first-order valence-corrected chi connectivity index (χ1v) is 7.01. The summed E-state index contributed by atoms with van der Waals surface area (Å²) in [4.78, 5) is 9.14. The molecular weight excluding hydrogens is 254 g/mol. The monoisotopic (exact) mass is 273 g/mol. The Balaban J connectivity index is 2.11. The van der Waals surface area contributed by atoms with Crippen LogP contribution < -0.4 is 5.32 Å². The van der Waals surface area contributed by atoms with Crippen molar-refractivity contribution in [1.82, 2.24) is 25.5 Å². The van der Waals surface area contributed by atoms with Gasteiger partial charge in [-0.25, -0.2) is 9.97 Å². The van der Waals surface area contributed by atoms with Gasteiger partial charge in [0.2, 0.25) is 5.89 Å². The van der Waals surface area contributed by atoms with E-state index >= 15 is 0 Å². The Labute approximate surface area is 118 Å². The summed E-state index contributed by atoms with van der Waals surface area (Å²) in [7, 11) is 0. The summed E-state index contributed by atoms with van der Waals surface area (Å²) >= 11 is 0. The highest BCUT2D eigenvalue weighted by atomic mass is 16.4. The van der Waals surface area contributed by atoms with Crippen LogP contribution in [-0.2, 0) is 0 Å². The van der Waals surface area contributed by atoms with Crippen LogP contribution in [0, 0.1) is 20.8 Å². The van der Waals surface area contributed by atoms with Crippen LogP contribution in [0.25, 0.3) is 11.5 Å². The molecule has 3 heterocycles. The van der Waals surface area contributed by atoms with E-state index in [0.717, 1.165) is 48.7 Å². The molecule has 0 aliphatic carbocycles. The molecule has 1 aliphatic rings. The third-order valence-corrected chi connectivity index (χ3v) is 3.70. The van der Waals surface area contributed by atoms with E-state index in [4.69, 9.17) is 4.42 Å². The molecule has 1 aliphatic heterocycles. The number of rotatable bonds is 2. The van der Waals surface area contributed by atoms with Crippen LogP contribution in [0.3, 0.4) is 0 Å². The molecular formula is C14H19N5O. The van der Waals surface area contributed by atoms with E-state index in [2.05, 4.69) is 25.5 Å². The van der Waals surface area contributed by atoms with Gasteiger partial charge in [-0.1, -0.05) is 0 Å². The van der Waals surface area contributed by atoms with Gasteiger partial charge in [-0.05, 0) is 39.8 Å². The molecule has 1 fully saturated rings. The Morgan fingerprint density at radius 2 is 1.80 bits per heavy atom. The molecule has 0 spiro atoms. The molecule has 0 bridgehead atoms. The van der Waals surface area contributed by atoms with E-state index in [1.165, 1.54) is 0 Å². The lowest BCUT2D eigenvalue weighted by Crippen LogP contribution is -2.27. The topological polar surface area (TPSA) is 76.7 Å². The molecule has 2 aromatic heterocycles. The summed E-state index contributed by atoms with van der Waals surface area (Å²) in [5, 5.41) is 11.5. The van der Waals surface area contributed by atoms with Crippen molar-refractivity contribution in [3.63, 3.8) is 0 Å². The van der Waals surface area contributed by atoms with Crippen molar-refractivity contribution in [2.75, 3.05) is 13.1 Å². The van der Waals surface area contributed by atoms with Crippen molar-refractivity contribution >= 4 is 0 Å². The Kier molecular flexibility index (Phi) is 3.48. The summed E-state index contributed by atoms with van der Waals surface area (Å²) in [5.41, 5.74) is 2.89. The average molecular weight is 273 g/mol.